The smallest absolute Gasteiger partial charge is 0.308 e. The average Bonchev–Trinajstić information content (AvgIpc) is 3.00. The first-order chi connectivity index (χ1) is 14.7. The van der Waals surface area contributed by atoms with Gasteiger partial charge in [0.1, 0.15) is 24.0 Å². The maximum atomic E-state index is 12.8. The van der Waals surface area contributed by atoms with E-state index in [0.29, 0.717) is 23.3 Å². The number of hydrogen-bond donors (Lipinski definition) is 1. The van der Waals surface area contributed by atoms with Gasteiger partial charge in [-0.3, -0.25) is 24.5 Å². The molecule has 0 aliphatic carbocycles. The number of benzene rings is 1. The largest absolute Gasteiger partial charge is 0.491 e. The molecule has 3 rings (SSSR count). The number of ether oxygens (including phenoxy) is 3. The zero-order valence-corrected chi connectivity index (χ0v) is 18.1. The normalized spacial score (nSPS) is 18.6. The van der Waals surface area contributed by atoms with Crippen LogP contribution in [0.1, 0.15) is 56.0 Å². The summed E-state index contributed by atoms with van der Waals surface area (Å²) < 4.78 is 16.4. The Balaban J connectivity index is 1.49. The fraction of sp³-hybridized carbons (Fsp3) is 0.545. The number of rotatable bonds is 8. The van der Waals surface area contributed by atoms with E-state index in [1.54, 1.807) is 18.2 Å². The fourth-order valence-electron chi connectivity index (χ4n) is 3.55. The van der Waals surface area contributed by atoms with E-state index in [9.17, 15) is 19.2 Å². The Morgan fingerprint density at radius 1 is 1.16 bits per heavy atom. The molecule has 2 heterocycles. The lowest BCUT2D eigenvalue weighted by molar-refractivity contribution is -0.156. The van der Waals surface area contributed by atoms with Crippen molar-refractivity contribution in [3.05, 3.63) is 29.3 Å². The first kappa shape index (κ1) is 22.7. The Hall–Kier alpha value is -2.94. The number of fused-ring (bicyclic) bond motifs is 1. The Kier molecular flexibility index (Phi) is 6.94. The molecule has 0 saturated carbocycles. The molecule has 0 bridgehead atoms. The predicted octanol–water partition coefficient (Wildman–Crippen LogP) is 1.57. The minimum absolute atomic E-state index is 0.160. The lowest BCUT2D eigenvalue weighted by atomic mass is 10.0. The molecule has 2 aliphatic heterocycles. The molecule has 1 atom stereocenters. The van der Waals surface area contributed by atoms with Crippen molar-refractivity contribution in [2.75, 3.05) is 19.8 Å². The van der Waals surface area contributed by atoms with Crippen molar-refractivity contribution in [2.45, 2.75) is 58.2 Å². The summed E-state index contributed by atoms with van der Waals surface area (Å²) >= 11 is 0. The van der Waals surface area contributed by atoms with E-state index < -0.39 is 17.6 Å². The molecule has 9 nitrogen and oxygen atoms in total. The minimum Gasteiger partial charge on any atom is -0.491 e. The van der Waals surface area contributed by atoms with Gasteiger partial charge in [-0.15, -0.1) is 0 Å². The van der Waals surface area contributed by atoms with E-state index in [-0.39, 0.29) is 57.0 Å². The maximum Gasteiger partial charge on any atom is 0.308 e. The Labute approximate surface area is 181 Å². The van der Waals surface area contributed by atoms with Gasteiger partial charge < -0.3 is 19.1 Å². The Bertz CT molecular complexity index is 875. The highest BCUT2D eigenvalue weighted by Crippen LogP contribution is 2.33. The van der Waals surface area contributed by atoms with Crippen molar-refractivity contribution < 1.29 is 33.4 Å². The van der Waals surface area contributed by atoms with Gasteiger partial charge in [0.05, 0.1) is 26.2 Å². The van der Waals surface area contributed by atoms with Crippen LogP contribution in [0.25, 0.3) is 0 Å². The summed E-state index contributed by atoms with van der Waals surface area (Å²) in [4.78, 5) is 49.5. The van der Waals surface area contributed by atoms with Gasteiger partial charge in [-0.05, 0) is 39.3 Å². The highest BCUT2D eigenvalue weighted by Gasteiger charge is 2.40. The number of nitrogens with zero attached hydrogens (tertiary/aromatic N) is 1. The summed E-state index contributed by atoms with van der Waals surface area (Å²) in [6, 6.07) is 4.53. The number of imide groups is 1. The molecule has 1 N–H and O–H groups in total. The van der Waals surface area contributed by atoms with Crippen LogP contribution < -0.4 is 10.1 Å². The van der Waals surface area contributed by atoms with Gasteiger partial charge >= 0.3 is 5.97 Å². The number of hydrogen-bond acceptors (Lipinski definition) is 7. The monoisotopic (exact) mass is 432 g/mol. The van der Waals surface area contributed by atoms with Crippen LogP contribution >= 0.6 is 0 Å². The third kappa shape index (κ3) is 5.81. The van der Waals surface area contributed by atoms with E-state index in [2.05, 4.69) is 5.32 Å². The number of carbonyl (C=O) groups excluding carboxylic acids is 4. The summed E-state index contributed by atoms with van der Waals surface area (Å²) in [7, 11) is 0. The van der Waals surface area contributed by atoms with Crippen LogP contribution in [0.3, 0.4) is 0 Å². The van der Waals surface area contributed by atoms with Crippen molar-refractivity contribution in [2.24, 2.45) is 0 Å². The topological polar surface area (TPSA) is 111 Å². The van der Waals surface area contributed by atoms with Crippen molar-refractivity contribution in [1.29, 1.82) is 0 Å². The molecule has 1 aromatic carbocycles. The van der Waals surface area contributed by atoms with Crippen molar-refractivity contribution in [3.8, 4) is 5.75 Å². The highest BCUT2D eigenvalue weighted by atomic mass is 16.6. The number of carbonyl (C=O) groups is 4. The summed E-state index contributed by atoms with van der Waals surface area (Å²) in [5.74, 6) is -0.777. The third-order valence-electron chi connectivity index (χ3n) is 4.89. The first-order valence-electron chi connectivity index (χ1n) is 10.3. The van der Waals surface area contributed by atoms with Crippen LogP contribution in [0.5, 0.6) is 5.75 Å². The molecule has 1 unspecified atom stereocenters. The second-order valence-electron chi connectivity index (χ2n) is 8.48. The molecule has 9 heteroatoms. The van der Waals surface area contributed by atoms with Crippen LogP contribution in [-0.2, 0) is 30.4 Å². The first-order valence-corrected chi connectivity index (χ1v) is 10.3. The van der Waals surface area contributed by atoms with Gasteiger partial charge in [0.25, 0.3) is 5.91 Å². The van der Waals surface area contributed by atoms with Crippen molar-refractivity contribution in [1.82, 2.24) is 10.2 Å². The van der Waals surface area contributed by atoms with Gasteiger partial charge in [-0.25, -0.2) is 0 Å². The lowest BCUT2D eigenvalue weighted by Crippen LogP contribution is -2.52. The fourth-order valence-corrected chi connectivity index (χ4v) is 3.55. The van der Waals surface area contributed by atoms with E-state index in [1.165, 1.54) is 4.90 Å². The molecule has 1 aromatic rings. The van der Waals surface area contributed by atoms with E-state index in [0.717, 1.165) is 0 Å². The van der Waals surface area contributed by atoms with E-state index >= 15 is 0 Å². The Morgan fingerprint density at radius 3 is 2.65 bits per heavy atom. The molecule has 0 radical (unpaired) electrons. The van der Waals surface area contributed by atoms with Gasteiger partial charge in [0, 0.05) is 17.5 Å². The Morgan fingerprint density at radius 2 is 1.94 bits per heavy atom. The summed E-state index contributed by atoms with van der Waals surface area (Å²) in [5, 5.41) is 2.29. The molecule has 3 amide bonds. The summed E-state index contributed by atoms with van der Waals surface area (Å²) in [6.07, 6.45) is 0.681. The van der Waals surface area contributed by atoms with Gasteiger partial charge in [-0.1, -0.05) is 6.07 Å². The zero-order valence-electron chi connectivity index (χ0n) is 18.1. The number of nitrogens with one attached hydrogen (secondary N) is 1. The van der Waals surface area contributed by atoms with Crippen LogP contribution in [0.2, 0.25) is 0 Å². The maximum absolute atomic E-state index is 12.8. The molecular formula is C22H28N2O7. The predicted molar refractivity (Wildman–Crippen MR) is 109 cm³/mol. The van der Waals surface area contributed by atoms with E-state index in [1.807, 2.05) is 20.8 Å². The molecule has 0 spiro atoms. The van der Waals surface area contributed by atoms with Crippen LogP contribution in [0.15, 0.2) is 18.2 Å². The summed E-state index contributed by atoms with van der Waals surface area (Å²) in [6.45, 7) is 6.43. The lowest BCUT2D eigenvalue weighted by Gasteiger charge is -2.29. The second kappa shape index (κ2) is 9.47. The van der Waals surface area contributed by atoms with Gasteiger partial charge in [0.2, 0.25) is 11.8 Å². The SMILES string of the molecule is CC(C)(C)OC(=O)CCOCCOc1cccc2c1CN(C1CCC(=O)NC1=O)C2=O. The van der Waals surface area contributed by atoms with Gasteiger partial charge in [0.15, 0.2) is 0 Å². The summed E-state index contributed by atoms with van der Waals surface area (Å²) in [5.41, 5.74) is 0.687. The second-order valence-corrected chi connectivity index (χ2v) is 8.48. The quantitative estimate of drug-likeness (QED) is 0.377. The van der Waals surface area contributed by atoms with Crippen LogP contribution in [0, 0.1) is 0 Å². The molecule has 0 aromatic heterocycles. The highest BCUT2D eigenvalue weighted by molar-refractivity contribution is 6.05. The van der Waals surface area contributed by atoms with Crippen LogP contribution in [-0.4, -0.2) is 60.1 Å². The molecular weight excluding hydrogens is 404 g/mol. The number of piperidine rings is 1. The standard InChI is InChI=1S/C22H28N2O7/c1-22(2,3)31-19(26)9-10-29-11-12-30-17-6-4-5-14-15(17)13-24(21(14)28)16-7-8-18(25)23-20(16)27/h4-6,16H,7-13H2,1-3H3,(H,23,25,27). The molecule has 2 aliphatic rings. The third-order valence-corrected chi connectivity index (χ3v) is 4.89. The molecule has 168 valence electrons. The molecule has 1 fully saturated rings. The minimum atomic E-state index is -0.665. The molecule has 31 heavy (non-hydrogen) atoms. The van der Waals surface area contributed by atoms with E-state index in [4.69, 9.17) is 14.2 Å². The zero-order chi connectivity index (χ0) is 22.6. The number of amides is 3. The van der Waals surface area contributed by atoms with Crippen molar-refractivity contribution in [3.63, 3.8) is 0 Å². The van der Waals surface area contributed by atoms with Crippen molar-refractivity contribution >= 4 is 23.7 Å². The van der Waals surface area contributed by atoms with Crippen LogP contribution in [0.4, 0.5) is 0 Å². The average molecular weight is 432 g/mol. The molecule has 1 saturated heterocycles. The number of esters is 1. The van der Waals surface area contributed by atoms with Gasteiger partial charge in [-0.2, -0.15) is 0 Å².